The number of thiocarbonyl (C=S) groups is 1. The Morgan fingerprint density at radius 1 is 1.53 bits per heavy atom. The zero-order valence-corrected chi connectivity index (χ0v) is 11.1. The number of aromatic amines is 1. The van der Waals surface area contributed by atoms with Gasteiger partial charge < -0.3 is 10.3 Å². The molecule has 0 saturated carbocycles. The van der Waals surface area contributed by atoms with Crippen LogP contribution in [0.3, 0.4) is 0 Å². The number of aromatic nitrogens is 2. The van der Waals surface area contributed by atoms with E-state index in [1.165, 1.54) is 4.57 Å². The topological polar surface area (TPSA) is 80.9 Å². The van der Waals surface area contributed by atoms with Gasteiger partial charge in [-0.05, 0) is 13.3 Å². The van der Waals surface area contributed by atoms with Crippen molar-refractivity contribution in [2.24, 2.45) is 11.1 Å². The van der Waals surface area contributed by atoms with Gasteiger partial charge in [0.2, 0.25) is 0 Å². The molecule has 17 heavy (non-hydrogen) atoms. The third-order valence-electron chi connectivity index (χ3n) is 2.83. The lowest BCUT2D eigenvalue weighted by molar-refractivity contribution is 0.426. The largest absolute Gasteiger partial charge is 0.393 e. The zero-order chi connectivity index (χ0) is 13.2. The summed E-state index contributed by atoms with van der Waals surface area (Å²) in [5.74, 6) is 0. The van der Waals surface area contributed by atoms with Gasteiger partial charge in [0.25, 0.3) is 5.56 Å². The quantitative estimate of drug-likeness (QED) is 0.770. The van der Waals surface area contributed by atoms with Crippen LogP contribution < -0.4 is 17.0 Å². The molecule has 94 valence electrons. The van der Waals surface area contributed by atoms with Crippen LogP contribution in [0.25, 0.3) is 0 Å². The SMILES string of the molecule is Cc1cn(CCC(C)(C)C(N)=S)c(=O)[nH]c1=O. The van der Waals surface area contributed by atoms with E-state index in [2.05, 4.69) is 4.98 Å². The van der Waals surface area contributed by atoms with Crippen molar-refractivity contribution < 1.29 is 0 Å². The lowest BCUT2D eigenvalue weighted by Crippen LogP contribution is -2.35. The molecule has 0 amide bonds. The van der Waals surface area contributed by atoms with Crippen molar-refractivity contribution in [2.75, 3.05) is 0 Å². The van der Waals surface area contributed by atoms with Gasteiger partial charge in [-0.25, -0.2) is 4.79 Å². The van der Waals surface area contributed by atoms with Crippen molar-refractivity contribution in [1.82, 2.24) is 9.55 Å². The lowest BCUT2D eigenvalue weighted by atomic mass is 9.89. The fourth-order valence-corrected chi connectivity index (χ4v) is 1.41. The number of nitrogens with two attached hydrogens (primary N) is 1. The van der Waals surface area contributed by atoms with Crippen LogP contribution in [0.1, 0.15) is 25.8 Å². The third-order valence-corrected chi connectivity index (χ3v) is 3.39. The Labute approximate surface area is 105 Å². The summed E-state index contributed by atoms with van der Waals surface area (Å²) in [7, 11) is 0. The first-order valence-corrected chi connectivity index (χ1v) is 5.75. The first kappa shape index (κ1) is 13.6. The van der Waals surface area contributed by atoms with Crippen molar-refractivity contribution >= 4 is 17.2 Å². The molecule has 5 nitrogen and oxygen atoms in total. The lowest BCUT2D eigenvalue weighted by Gasteiger charge is -2.23. The highest BCUT2D eigenvalue weighted by atomic mass is 32.1. The molecule has 1 rings (SSSR count). The molecule has 1 aromatic rings. The van der Waals surface area contributed by atoms with Gasteiger partial charge in [-0.1, -0.05) is 26.1 Å². The molecule has 3 N–H and O–H groups in total. The van der Waals surface area contributed by atoms with Gasteiger partial charge >= 0.3 is 5.69 Å². The van der Waals surface area contributed by atoms with E-state index in [1.54, 1.807) is 13.1 Å². The molecule has 0 aliphatic rings. The summed E-state index contributed by atoms with van der Waals surface area (Å²) < 4.78 is 1.47. The minimum absolute atomic E-state index is 0.307. The number of hydrogen-bond donors (Lipinski definition) is 2. The van der Waals surface area contributed by atoms with E-state index in [4.69, 9.17) is 18.0 Å². The maximum Gasteiger partial charge on any atom is 0.328 e. The summed E-state index contributed by atoms with van der Waals surface area (Å²) in [6, 6.07) is 0. The number of H-pyrrole nitrogens is 1. The highest BCUT2D eigenvalue weighted by Gasteiger charge is 2.21. The zero-order valence-electron chi connectivity index (χ0n) is 10.2. The molecular weight excluding hydrogens is 238 g/mol. The van der Waals surface area contributed by atoms with E-state index in [0.717, 1.165) is 0 Å². The average molecular weight is 255 g/mol. The summed E-state index contributed by atoms with van der Waals surface area (Å²) in [5.41, 5.74) is 5.07. The molecule has 0 aromatic carbocycles. The van der Waals surface area contributed by atoms with Crippen LogP contribution in [0.15, 0.2) is 15.8 Å². The van der Waals surface area contributed by atoms with E-state index in [0.29, 0.717) is 23.5 Å². The van der Waals surface area contributed by atoms with Crippen molar-refractivity contribution in [3.8, 4) is 0 Å². The van der Waals surface area contributed by atoms with Gasteiger partial charge in [0.05, 0.1) is 4.99 Å². The van der Waals surface area contributed by atoms with Gasteiger partial charge in [0.1, 0.15) is 0 Å². The van der Waals surface area contributed by atoms with E-state index in [1.807, 2.05) is 13.8 Å². The fraction of sp³-hybridized carbons (Fsp3) is 0.545. The Balaban J connectivity index is 2.91. The Morgan fingerprint density at radius 3 is 2.65 bits per heavy atom. The van der Waals surface area contributed by atoms with E-state index >= 15 is 0 Å². The Bertz CT molecular complexity index is 542. The molecule has 0 fully saturated rings. The number of hydrogen-bond acceptors (Lipinski definition) is 3. The van der Waals surface area contributed by atoms with Crippen LogP contribution in [-0.2, 0) is 6.54 Å². The summed E-state index contributed by atoms with van der Waals surface area (Å²) in [5, 5.41) is 0. The molecule has 0 unspecified atom stereocenters. The smallest absolute Gasteiger partial charge is 0.328 e. The summed E-state index contributed by atoms with van der Waals surface area (Å²) in [6.45, 7) is 5.99. The number of nitrogens with zero attached hydrogens (tertiary/aromatic N) is 1. The van der Waals surface area contributed by atoms with Crippen molar-refractivity contribution in [1.29, 1.82) is 0 Å². The maximum atomic E-state index is 11.5. The molecule has 1 heterocycles. The van der Waals surface area contributed by atoms with E-state index < -0.39 is 5.69 Å². The second kappa shape index (κ2) is 4.83. The molecule has 0 bridgehead atoms. The highest BCUT2D eigenvalue weighted by molar-refractivity contribution is 7.80. The van der Waals surface area contributed by atoms with Gasteiger partial charge in [-0.2, -0.15) is 0 Å². The molecule has 1 aromatic heterocycles. The highest BCUT2D eigenvalue weighted by Crippen LogP contribution is 2.20. The minimum atomic E-state index is -0.403. The van der Waals surface area contributed by atoms with E-state index in [9.17, 15) is 9.59 Å². The molecule has 0 aliphatic heterocycles. The summed E-state index contributed by atoms with van der Waals surface area (Å²) in [6.07, 6.45) is 2.20. The van der Waals surface area contributed by atoms with Crippen LogP contribution in [-0.4, -0.2) is 14.5 Å². The monoisotopic (exact) mass is 255 g/mol. The minimum Gasteiger partial charge on any atom is -0.393 e. The van der Waals surface area contributed by atoms with Gasteiger partial charge in [0.15, 0.2) is 0 Å². The number of rotatable bonds is 4. The van der Waals surface area contributed by atoms with Gasteiger partial charge in [-0.3, -0.25) is 9.78 Å². The number of aryl methyl sites for hydroxylation is 2. The Hall–Kier alpha value is -1.43. The molecule has 0 atom stereocenters. The van der Waals surface area contributed by atoms with Crippen molar-refractivity contribution in [3.05, 3.63) is 32.6 Å². The van der Waals surface area contributed by atoms with Gasteiger partial charge in [0, 0.05) is 23.7 Å². The first-order chi connectivity index (χ1) is 7.74. The maximum absolute atomic E-state index is 11.5. The first-order valence-electron chi connectivity index (χ1n) is 5.34. The predicted octanol–water partition coefficient (Wildman–Crippen LogP) is 0.547. The van der Waals surface area contributed by atoms with Crippen LogP contribution in [0, 0.1) is 12.3 Å². The van der Waals surface area contributed by atoms with E-state index in [-0.39, 0.29) is 11.0 Å². The third kappa shape index (κ3) is 3.26. The van der Waals surface area contributed by atoms with Crippen LogP contribution in [0.5, 0.6) is 0 Å². The molecule has 6 heteroatoms. The van der Waals surface area contributed by atoms with Crippen molar-refractivity contribution in [2.45, 2.75) is 33.7 Å². The molecule has 0 radical (unpaired) electrons. The standard InChI is InChI=1S/C11H17N3O2S/c1-7-6-14(10(16)13-8(7)15)5-4-11(2,3)9(12)17/h6H,4-5H2,1-3H3,(H2,12,17)(H,13,15,16). The molecule has 0 aliphatic carbocycles. The fourth-order valence-electron chi connectivity index (χ4n) is 1.31. The molecule has 0 saturated heterocycles. The second-order valence-electron chi connectivity index (χ2n) is 4.76. The Kier molecular flexibility index (Phi) is 3.87. The van der Waals surface area contributed by atoms with Crippen LogP contribution in [0.2, 0.25) is 0 Å². The summed E-state index contributed by atoms with van der Waals surface area (Å²) in [4.78, 5) is 25.4. The molecule has 0 spiro atoms. The molecular formula is C11H17N3O2S. The normalized spacial score (nSPS) is 11.5. The average Bonchev–Trinajstić information content (AvgIpc) is 2.21. The Morgan fingerprint density at radius 2 is 2.12 bits per heavy atom. The van der Waals surface area contributed by atoms with Crippen molar-refractivity contribution in [3.63, 3.8) is 0 Å². The van der Waals surface area contributed by atoms with Crippen LogP contribution >= 0.6 is 12.2 Å². The predicted molar refractivity (Wildman–Crippen MR) is 71.2 cm³/mol. The van der Waals surface area contributed by atoms with Gasteiger partial charge in [-0.15, -0.1) is 0 Å². The second-order valence-corrected chi connectivity index (χ2v) is 5.20. The number of nitrogens with one attached hydrogen (secondary N) is 1. The van der Waals surface area contributed by atoms with Crippen LogP contribution in [0.4, 0.5) is 0 Å². The summed E-state index contributed by atoms with van der Waals surface area (Å²) >= 11 is 4.96.